The minimum absolute atomic E-state index is 0.0295. The van der Waals surface area contributed by atoms with E-state index in [9.17, 15) is 14.7 Å². The molecule has 0 aliphatic heterocycles. The van der Waals surface area contributed by atoms with Crippen LogP contribution < -0.4 is 5.32 Å². The molecule has 122 valence electrons. The van der Waals surface area contributed by atoms with Gasteiger partial charge in [0.05, 0.1) is 0 Å². The van der Waals surface area contributed by atoms with E-state index in [1.165, 1.54) is 0 Å². The van der Waals surface area contributed by atoms with E-state index in [1.807, 2.05) is 18.2 Å². The Morgan fingerprint density at radius 2 is 1.88 bits per heavy atom. The molecule has 0 unspecified atom stereocenters. The quantitative estimate of drug-likeness (QED) is 0.747. The highest BCUT2D eigenvalue weighted by molar-refractivity contribution is 6.31. The molecular weight excluding hydrogens is 328 g/mol. The van der Waals surface area contributed by atoms with Gasteiger partial charge in [-0.1, -0.05) is 41.9 Å². The number of halogens is 1. The van der Waals surface area contributed by atoms with E-state index in [2.05, 4.69) is 5.32 Å². The molecule has 0 aliphatic rings. The lowest BCUT2D eigenvalue weighted by Crippen LogP contribution is -2.35. The van der Waals surface area contributed by atoms with Gasteiger partial charge in [-0.05, 0) is 29.8 Å². The second kappa shape index (κ2) is 6.76. The first kappa shape index (κ1) is 16.1. The highest BCUT2D eigenvalue weighted by atomic mass is 35.5. The van der Waals surface area contributed by atoms with E-state index < -0.39 is 12.0 Å². The van der Waals surface area contributed by atoms with Crippen LogP contribution in [0.1, 0.15) is 11.6 Å². The van der Waals surface area contributed by atoms with Crippen LogP contribution in [0.15, 0.2) is 60.8 Å². The highest BCUT2D eigenvalue weighted by Crippen LogP contribution is 2.20. The van der Waals surface area contributed by atoms with Gasteiger partial charge in [0.1, 0.15) is 6.54 Å². The summed E-state index contributed by atoms with van der Waals surface area (Å²) in [5, 5.41) is 13.5. The standard InChI is InChI=1S/C18H15ClN2O3/c19-14-6-7-15-13(10-14)8-9-21(15)11-16(22)20-17(18(23)24)12-4-2-1-3-5-12/h1-10,17H,11H2,(H,20,22)(H,23,24)/t17-/m0/s1. The predicted octanol–water partition coefficient (Wildman–Crippen LogP) is 3.24. The summed E-state index contributed by atoms with van der Waals surface area (Å²) in [5.74, 6) is -1.47. The summed E-state index contributed by atoms with van der Waals surface area (Å²) in [5.41, 5.74) is 1.39. The second-order valence-corrected chi connectivity index (χ2v) is 5.83. The van der Waals surface area contributed by atoms with Crippen LogP contribution in [-0.4, -0.2) is 21.6 Å². The number of carboxylic acid groups (broad SMARTS) is 1. The lowest BCUT2D eigenvalue weighted by molar-refractivity contribution is -0.142. The Morgan fingerprint density at radius 3 is 2.58 bits per heavy atom. The van der Waals surface area contributed by atoms with Gasteiger partial charge in [-0.2, -0.15) is 0 Å². The van der Waals surface area contributed by atoms with E-state index in [0.29, 0.717) is 10.6 Å². The van der Waals surface area contributed by atoms with Crippen molar-refractivity contribution < 1.29 is 14.7 Å². The van der Waals surface area contributed by atoms with Gasteiger partial charge in [0.2, 0.25) is 5.91 Å². The van der Waals surface area contributed by atoms with Crippen LogP contribution in [0.25, 0.3) is 10.9 Å². The topological polar surface area (TPSA) is 71.3 Å². The summed E-state index contributed by atoms with van der Waals surface area (Å²) in [7, 11) is 0. The Hall–Kier alpha value is -2.79. The molecule has 1 aromatic heterocycles. The maximum Gasteiger partial charge on any atom is 0.330 e. The van der Waals surface area contributed by atoms with Crippen molar-refractivity contribution in [3.8, 4) is 0 Å². The van der Waals surface area contributed by atoms with E-state index in [1.54, 1.807) is 47.2 Å². The predicted molar refractivity (Wildman–Crippen MR) is 91.9 cm³/mol. The number of amides is 1. The number of aromatic nitrogens is 1. The lowest BCUT2D eigenvalue weighted by Gasteiger charge is -2.15. The molecule has 0 radical (unpaired) electrons. The summed E-state index contributed by atoms with van der Waals surface area (Å²) in [6.45, 7) is 0.0295. The number of aliphatic carboxylic acids is 1. The Balaban J connectivity index is 1.77. The molecule has 1 amide bonds. The summed E-state index contributed by atoms with van der Waals surface area (Å²) in [6, 6.07) is 14.8. The average Bonchev–Trinajstić information content (AvgIpc) is 2.95. The largest absolute Gasteiger partial charge is 0.479 e. The zero-order chi connectivity index (χ0) is 17.1. The maximum absolute atomic E-state index is 12.3. The van der Waals surface area contributed by atoms with Gasteiger partial charge in [0, 0.05) is 22.1 Å². The maximum atomic E-state index is 12.3. The van der Waals surface area contributed by atoms with Gasteiger partial charge >= 0.3 is 5.97 Å². The average molecular weight is 343 g/mol. The normalized spacial score (nSPS) is 12.0. The number of carbonyl (C=O) groups excluding carboxylic acids is 1. The molecule has 3 aromatic rings. The number of fused-ring (bicyclic) bond motifs is 1. The molecule has 1 atom stereocenters. The van der Waals surface area contributed by atoms with E-state index in [4.69, 9.17) is 11.6 Å². The van der Waals surface area contributed by atoms with E-state index in [0.717, 1.165) is 10.9 Å². The molecule has 0 fully saturated rings. The highest BCUT2D eigenvalue weighted by Gasteiger charge is 2.22. The van der Waals surface area contributed by atoms with Crippen LogP contribution >= 0.6 is 11.6 Å². The van der Waals surface area contributed by atoms with Crippen LogP contribution in [-0.2, 0) is 16.1 Å². The number of benzene rings is 2. The van der Waals surface area contributed by atoms with Gasteiger partial charge < -0.3 is 15.0 Å². The molecule has 6 heteroatoms. The van der Waals surface area contributed by atoms with Crippen LogP contribution in [0.2, 0.25) is 5.02 Å². The molecule has 2 N–H and O–H groups in total. The second-order valence-electron chi connectivity index (χ2n) is 5.40. The van der Waals surface area contributed by atoms with Gasteiger partial charge in [-0.15, -0.1) is 0 Å². The molecule has 0 saturated heterocycles. The Morgan fingerprint density at radius 1 is 1.12 bits per heavy atom. The van der Waals surface area contributed by atoms with Gasteiger partial charge in [0.15, 0.2) is 6.04 Å². The minimum atomic E-state index is -1.10. The molecule has 0 bridgehead atoms. The summed E-state index contributed by atoms with van der Waals surface area (Å²) < 4.78 is 1.75. The van der Waals surface area contributed by atoms with Crippen molar-refractivity contribution in [2.24, 2.45) is 0 Å². The lowest BCUT2D eigenvalue weighted by atomic mass is 10.1. The van der Waals surface area contributed by atoms with Crippen molar-refractivity contribution in [1.82, 2.24) is 9.88 Å². The number of hydrogen-bond acceptors (Lipinski definition) is 2. The van der Waals surface area contributed by atoms with Gasteiger partial charge in [0.25, 0.3) is 0 Å². The number of nitrogens with one attached hydrogen (secondary N) is 1. The number of carbonyl (C=O) groups is 2. The molecule has 24 heavy (non-hydrogen) atoms. The molecular formula is C18H15ClN2O3. The molecule has 0 spiro atoms. The van der Waals surface area contributed by atoms with Gasteiger partial charge in [-0.25, -0.2) is 4.79 Å². The molecule has 0 saturated carbocycles. The summed E-state index contributed by atoms with van der Waals surface area (Å²) in [4.78, 5) is 23.7. The Labute approximate surface area is 143 Å². The Bertz CT molecular complexity index is 890. The molecule has 0 aliphatic carbocycles. The molecule has 3 rings (SSSR count). The van der Waals surface area contributed by atoms with Crippen molar-refractivity contribution in [3.05, 3.63) is 71.4 Å². The number of nitrogens with zero attached hydrogens (tertiary/aromatic N) is 1. The van der Waals surface area contributed by atoms with Crippen molar-refractivity contribution in [2.75, 3.05) is 0 Å². The number of carboxylic acids is 1. The number of rotatable bonds is 5. The fourth-order valence-corrected chi connectivity index (χ4v) is 2.78. The first-order valence-electron chi connectivity index (χ1n) is 7.36. The van der Waals surface area contributed by atoms with Crippen LogP contribution in [0.3, 0.4) is 0 Å². The molecule has 1 heterocycles. The van der Waals surface area contributed by atoms with Crippen molar-refractivity contribution in [2.45, 2.75) is 12.6 Å². The fourth-order valence-electron chi connectivity index (χ4n) is 2.60. The van der Waals surface area contributed by atoms with Crippen LogP contribution in [0, 0.1) is 0 Å². The summed E-state index contributed by atoms with van der Waals surface area (Å²) >= 11 is 5.95. The summed E-state index contributed by atoms with van der Waals surface area (Å²) in [6.07, 6.45) is 1.78. The van der Waals surface area contributed by atoms with Crippen LogP contribution in [0.4, 0.5) is 0 Å². The third kappa shape index (κ3) is 3.41. The van der Waals surface area contributed by atoms with Crippen molar-refractivity contribution >= 4 is 34.4 Å². The molecule has 5 nitrogen and oxygen atoms in total. The van der Waals surface area contributed by atoms with E-state index >= 15 is 0 Å². The Kier molecular flexibility index (Phi) is 4.53. The third-order valence-electron chi connectivity index (χ3n) is 3.73. The zero-order valence-electron chi connectivity index (χ0n) is 12.6. The van der Waals surface area contributed by atoms with Crippen molar-refractivity contribution in [3.63, 3.8) is 0 Å². The SMILES string of the molecule is O=C(Cn1ccc2cc(Cl)ccc21)N[C@H](C(=O)O)c1ccccc1. The minimum Gasteiger partial charge on any atom is -0.479 e. The van der Waals surface area contributed by atoms with Crippen LogP contribution in [0.5, 0.6) is 0 Å². The zero-order valence-corrected chi connectivity index (χ0v) is 13.4. The first-order chi connectivity index (χ1) is 11.5. The first-order valence-corrected chi connectivity index (χ1v) is 7.74. The third-order valence-corrected chi connectivity index (χ3v) is 3.97. The van der Waals surface area contributed by atoms with Gasteiger partial charge in [-0.3, -0.25) is 4.79 Å². The monoisotopic (exact) mass is 342 g/mol. The fraction of sp³-hybridized carbons (Fsp3) is 0.111. The van der Waals surface area contributed by atoms with E-state index in [-0.39, 0.29) is 12.5 Å². The van der Waals surface area contributed by atoms with Crippen molar-refractivity contribution in [1.29, 1.82) is 0 Å². The number of hydrogen-bond donors (Lipinski definition) is 2. The molecule has 2 aromatic carbocycles. The smallest absolute Gasteiger partial charge is 0.330 e.